The number of hydrogen-bond acceptors (Lipinski definition) is 6. The number of hydrogen-bond donors (Lipinski definition) is 1. The maximum absolute atomic E-state index is 11.9. The van der Waals surface area contributed by atoms with Crippen LogP contribution in [-0.4, -0.2) is 40.6 Å². The molecule has 1 amide bonds. The molecule has 0 bridgehead atoms. The average Bonchev–Trinajstić information content (AvgIpc) is 2.97. The molecule has 0 aliphatic carbocycles. The van der Waals surface area contributed by atoms with Gasteiger partial charge < -0.3 is 10.1 Å². The second-order valence-corrected chi connectivity index (χ2v) is 7.00. The van der Waals surface area contributed by atoms with Gasteiger partial charge in [0.05, 0.1) is 11.4 Å². The molecule has 1 aromatic heterocycles. The van der Waals surface area contributed by atoms with Crippen molar-refractivity contribution in [3.63, 3.8) is 0 Å². The van der Waals surface area contributed by atoms with E-state index in [4.69, 9.17) is 4.74 Å². The zero-order valence-corrected chi connectivity index (χ0v) is 12.1. The standard InChI is InChI=1S/C11H17N3O2S2/c1-7(17-11-14-13-8(2)18-11)10(15)12-6-9-4-3-5-16-9/h7,9H,3-6H2,1-2H3,(H,12,15)/t7-,9+/m1/s1. The predicted molar refractivity (Wildman–Crippen MR) is 71.9 cm³/mol. The van der Waals surface area contributed by atoms with Gasteiger partial charge in [0.1, 0.15) is 5.01 Å². The van der Waals surface area contributed by atoms with Crippen molar-refractivity contribution in [1.82, 2.24) is 15.5 Å². The van der Waals surface area contributed by atoms with E-state index >= 15 is 0 Å². The van der Waals surface area contributed by atoms with Crippen molar-refractivity contribution in [3.8, 4) is 0 Å². The third-order valence-electron chi connectivity index (χ3n) is 2.68. The van der Waals surface area contributed by atoms with Gasteiger partial charge in [-0.2, -0.15) is 0 Å². The minimum Gasteiger partial charge on any atom is -0.376 e. The van der Waals surface area contributed by atoms with Crippen molar-refractivity contribution in [2.45, 2.75) is 42.4 Å². The molecule has 0 spiro atoms. The van der Waals surface area contributed by atoms with E-state index < -0.39 is 0 Å². The summed E-state index contributed by atoms with van der Waals surface area (Å²) < 4.78 is 6.30. The minimum absolute atomic E-state index is 0.0309. The van der Waals surface area contributed by atoms with Gasteiger partial charge in [-0.3, -0.25) is 4.79 Å². The molecule has 0 saturated carbocycles. The van der Waals surface area contributed by atoms with Gasteiger partial charge in [0.2, 0.25) is 5.91 Å². The fourth-order valence-electron chi connectivity index (χ4n) is 1.69. The molecule has 1 saturated heterocycles. The van der Waals surface area contributed by atoms with Gasteiger partial charge in [-0.15, -0.1) is 10.2 Å². The Bertz CT molecular complexity index is 405. The Morgan fingerprint density at radius 3 is 3.11 bits per heavy atom. The Morgan fingerprint density at radius 1 is 1.67 bits per heavy atom. The van der Waals surface area contributed by atoms with Crippen LogP contribution in [0.4, 0.5) is 0 Å². The maximum atomic E-state index is 11.9. The molecule has 1 aliphatic rings. The van der Waals surface area contributed by atoms with E-state index in [1.807, 2.05) is 13.8 Å². The third-order valence-corrected chi connectivity index (χ3v) is 4.71. The summed E-state index contributed by atoms with van der Waals surface area (Å²) >= 11 is 2.96. The quantitative estimate of drug-likeness (QED) is 0.834. The van der Waals surface area contributed by atoms with Gasteiger partial charge in [-0.25, -0.2) is 0 Å². The van der Waals surface area contributed by atoms with Crippen molar-refractivity contribution in [3.05, 3.63) is 5.01 Å². The molecule has 2 atom stereocenters. The van der Waals surface area contributed by atoms with Crippen LogP contribution in [0.2, 0.25) is 0 Å². The van der Waals surface area contributed by atoms with Crippen LogP contribution in [0.5, 0.6) is 0 Å². The molecule has 0 unspecified atom stereocenters. The van der Waals surface area contributed by atoms with Crippen LogP contribution < -0.4 is 5.32 Å². The highest BCUT2D eigenvalue weighted by Crippen LogP contribution is 2.26. The van der Waals surface area contributed by atoms with Gasteiger partial charge in [0.25, 0.3) is 0 Å². The molecule has 7 heteroatoms. The molecule has 0 aromatic carbocycles. The summed E-state index contributed by atoms with van der Waals surface area (Å²) in [5.74, 6) is 0.0309. The number of carbonyl (C=O) groups is 1. The number of thioether (sulfide) groups is 1. The summed E-state index contributed by atoms with van der Waals surface area (Å²) in [6, 6.07) is 0. The monoisotopic (exact) mass is 287 g/mol. The highest BCUT2D eigenvalue weighted by atomic mass is 32.2. The Kier molecular flexibility index (Phi) is 4.96. The van der Waals surface area contributed by atoms with Crippen LogP contribution in [0.3, 0.4) is 0 Å². The van der Waals surface area contributed by atoms with Crippen LogP contribution in [-0.2, 0) is 9.53 Å². The lowest BCUT2D eigenvalue weighted by Crippen LogP contribution is -2.36. The summed E-state index contributed by atoms with van der Waals surface area (Å²) in [7, 11) is 0. The Labute approximate surface area is 115 Å². The first-order chi connectivity index (χ1) is 8.65. The number of aromatic nitrogens is 2. The predicted octanol–water partition coefficient (Wildman–Crippen LogP) is 1.62. The van der Waals surface area contributed by atoms with Gasteiger partial charge >= 0.3 is 0 Å². The number of rotatable bonds is 5. The summed E-state index contributed by atoms with van der Waals surface area (Å²) in [5, 5.41) is 11.6. The first kappa shape index (κ1) is 13.8. The van der Waals surface area contributed by atoms with Crippen molar-refractivity contribution in [1.29, 1.82) is 0 Å². The topological polar surface area (TPSA) is 64.1 Å². The molecule has 2 heterocycles. The number of nitrogens with zero attached hydrogens (tertiary/aromatic N) is 2. The molecule has 5 nitrogen and oxygen atoms in total. The lowest BCUT2D eigenvalue weighted by Gasteiger charge is -2.13. The lowest BCUT2D eigenvalue weighted by molar-refractivity contribution is -0.120. The van der Waals surface area contributed by atoms with Gasteiger partial charge in [-0.1, -0.05) is 23.1 Å². The van der Waals surface area contributed by atoms with Crippen LogP contribution in [0.15, 0.2) is 4.34 Å². The molecule has 1 N–H and O–H groups in total. The zero-order valence-electron chi connectivity index (χ0n) is 10.5. The summed E-state index contributed by atoms with van der Waals surface area (Å²) in [6.45, 7) is 5.21. The minimum atomic E-state index is -0.154. The number of nitrogens with one attached hydrogen (secondary N) is 1. The molecule has 100 valence electrons. The molecule has 1 aliphatic heterocycles. The van der Waals surface area contributed by atoms with E-state index in [1.165, 1.54) is 23.1 Å². The van der Waals surface area contributed by atoms with Crippen LogP contribution in [0.1, 0.15) is 24.8 Å². The lowest BCUT2D eigenvalue weighted by atomic mass is 10.2. The molecule has 18 heavy (non-hydrogen) atoms. The zero-order chi connectivity index (χ0) is 13.0. The third kappa shape index (κ3) is 3.93. The van der Waals surface area contributed by atoms with Gasteiger partial charge in [0, 0.05) is 13.2 Å². The molecule has 1 aromatic rings. The van der Waals surface area contributed by atoms with Crippen molar-refractivity contribution in [2.24, 2.45) is 0 Å². The maximum Gasteiger partial charge on any atom is 0.233 e. The van der Waals surface area contributed by atoms with Crippen LogP contribution >= 0.6 is 23.1 Å². The SMILES string of the molecule is Cc1nnc(S[C@H](C)C(=O)NC[C@@H]2CCCO2)s1. The molecule has 0 radical (unpaired) electrons. The van der Waals surface area contributed by atoms with Crippen LogP contribution in [0.25, 0.3) is 0 Å². The Morgan fingerprint density at radius 2 is 2.50 bits per heavy atom. The van der Waals surface area contributed by atoms with E-state index in [0.717, 1.165) is 28.8 Å². The van der Waals surface area contributed by atoms with E-state index in [-0.39, 0.29) is 17.3 Å². The first-order valence-corrected chi connectivity index (χ1v) is 7.71. The van der Waals surface area contributed by atoms with Crippen molar-refractivity contribution in [2.75, 3.05) is 13.2 Å². The molecule has 1 fully saturated rings. The Balaban J connectivity index is 1.74. The number of amides is 1. The van der Waals surface area contributed by atoms with Crippen molar-refractivity contribution < 1.29 is 9.53 Å². The number of aryl methyl sites for hydroxylation is 1. The Hall–Kier alpha value is -0.660. The van der Waals surface area contributed by atoms with Crippen LogP contribution in [0, 0.1) is 6.92 Å². The summed E-state index contributed by atoms with van der Waals surface area (Å²) in [5.41, 5.74) is 0. The average molecular weight is 287 g/mol. The van der Waals surface area contributed by atoms with Crippen molar-refractivity contribution >= 4 is 29.0 Å². The summed E-state index contributed by atoms with van der Waals surface area (Å²) in [4.78, 5) is 11.9. The normalized spacial score (nSPS) is 20.9. The fraction of sp³-hybridized carbons (Fsp3) is 0.727. The summed E-state index contributed by atoms with van der Waals surface area (Å²) in [6.07, 6.45) is 2.32. The fourth-order valence-corrected chi connectivity index (χ4v) is 3.68. The highest BCUT2D eigenvalue weighted by molar-refractivity contribution is 8.02. The van der Waals surface area contributed by atoms with E-state index in [0.29, 0.717) is 6.54 Å². The smallest absolute Gasteiger partial charge is 0.233 e. The van der Waals surface area contributed by atoms with Gasteiger partial charge in [-0.05, 0) is 26.7 Å². The number of ether oxygens (including phenoxy) is 1. The number of carbonyl (C=O) groups excluding carboxylic acids is 1. The molecule has 2 rings (SSSR count). The molecular formula is C11H17N3O2S2. The highest BCUT2D eigenvalue weighted by Gasteiger charge is 2.20. The van der Waals surface area contributed by atoms with E-state index in [9.17, 15) is 4.79 Å². The van der Waals surface area contributed by atoms with Gasteiger partial charge in [0.15, 0.2) is 4.34 Å². The van der Waals surface area contributed by atoms with E-state index in [2.05, 4.69) is 15.5 Å². The first-order valence-electron chi connectivity index (χ1n) is 6.01. The molecular weight excluding hydrogens is 270 g/mol. The second-order valence-electron chi connectivity index (χ2n) is 4.23. The second kappa shape index (κ2) is 6.49. The van der Waals surface area contributed by atoms with E-state index in [1.54, 1.807) is 0 Å². The largest absolute Gasteiger partial charge is 0.376 e.